The van der Waals surface area contributed by atoms with Gasteiger partial charge in [0, 0.05) is 31.0 Å². The highest BCUT2D eigenvalue weighted by molar-refractivity contribution is 5.53. The van der Waals surface area contributed by atoms with Gasteiger partial charge in [-0.2, -0.15) is 0 Å². The van der Waals surface area contributed by atoms with E-state index in [0.717, 1.165) is 24.4 Å². The Hall–Kier alpha value is -2.16. The number of nitrogens with two attached hydrogens (primary N) is 1. The Labute approximate surface area is 127 Å². The van der Waals surface area contributed by atoms with Gasteiger partial charge in [-0.25, -0.2) is 0 Å². The largest absolute Gasteiger partial charge is 0.493 e. The summed E-state index contributed by atoms with van der Waals surface area (Å²) in [5, 5.41) is 0. The van der Waals surface area contributed by atoms with Gasteiger partial charge in [-0.15, -0.1) is 0 Å². The summed E-state index contributed by atoms with van der Waals surface area (Å²) in [6.07, 6.45) is 0.971. The third kappa shape index (κ3) is 4.42. The minimum atomic E-state index is 0.693. The minimum absolute atomic E-state index is 0.693. The molecule has 2 aromatic rings. The number of ether oxygens (including phenoxy) is 1. The second kappa shape index (κ2) is 7.02. The molecule has 0 aliphatic heterocycles. The highest BCUT2D eigenvalue weighted by Gasteiger charge is 2.04. The van der Waals surface area contributed by atoms with Crippen molar-refractivity contribution in [3.05, 3.63) is 53.6 Å². The van der Waals surface area contributed by atoms with Crippen molar-refractivity contribution < 1.29 is 4.74 Å². The van der Waals surface area contributed by atoms with Crippen molar-refractivity contribution in [1.29, 1.82) is 0 Å². The van der Waals surface area contributed by atoms with Gasteiger partial charge in [-0.3, -0.25) is 0 Å². The Bertz CT molecular complexity index is 596. The maximum atomic E-state index is 5.73. The van der Waals surface area contributed by atoms with Crippen molar-refractivity contribution in [2.24, 2.45) is 0 Å². The number of anilines is 2. The lowest BCUT2D eigenvalue weighted by Gasteiger charge is -2.21. The second-order valence-electron chi connectivity index (χ2n) is 5.49. The average Bonchev–Trinajstić information content (AvgIpc) is 2.43. The van der Waals surface area contributed by atoms with Gasteiger partial charge in [0.15, 0.2) is 0 Å². The van der Waals surface area contributed by atoms with Crippen LogP contribution in [0.15, 0.2) is 42.5 Å². The molecule has 0 radical (unpaired) electrons. The lowest BCUT2D eigenvalue weighted by molar-refractivity contribution is 0.312. The van der Waals surface area contributed by atoms with E-state index in [2.05, 4.69) is 44.0 Å². The van der Waals surface area contributed by atoms with Crippen molar-refractivity contribution in [2.75, 3.05) is 30.8 Å². The number of aryl methyl sites for hydroxylation is 2. The van der Waals surface area contributed by atoms with E-state index in [9.17, 15) is 0 Å². The van der Waals surface area contributed by atoms with Crippen LogP contribution in [0.2, 0.25) is 0 Å². The van der Waals surface area contributed by atoms with E-state index in [4.69, 9.17) is 10.5 Å². The third-order valence-corrected chi connectivity index (χ3v) is 3.53. The van der Waals surface area contributed by atoms with Crippen LogP contribution in [0.4, 0.5) is 11.4 Å². The molecule has 0 bridgehead atoms. The van der Waals surface area contributed by atoms with E-state index in [1.807, 2.05) is 24.3 Å². The number of benzene rings is 2. The van der Waals surface area contributed by atoms with E-state index in [0.29, 0.717) is 6.61 Å². The Balaban J connectivity index is 1.80. The first-order valence-electron chi connectivity index (χ1n) is 7.33. The van der Waals surface area contributed by atoms with Gasteiger partial charge in [0.1, 0.15) is 5.75 Å². The first kappa shape index (κ1) is 15.2. The molecule has 0 fully saturated rings. The van der Waals surface area contributed by atoms with E-state index in [1.165, 1.54) is 16.8 Å². The summed E-state index contributed by atoms with van der Waals surface area (Å²) in [6, 6.07) is 14.1. The summed E-state index contributed by atoms with van der Waals surface area (Å²) >= 11 is 0. The summed E-state index contributed by atoms with van der Waals surface area (Å²) < 4.78 is 5.72. The van der Waals surface area contributed by atoms with Gasteiger partial charge in [0.2, 0.25) is 0 Å². The van der Waals surface area contributed by atoms with Gasteiger partial charge in [-0.1, -0.05) is 23.8 Å². The molecule has 3 heteroatoms. The molecule has 3 nitrogen and oxygen atoms in total. The smallest absolute Gasteiger partial charge is 0.121 e. The van der Waals surface area contributed by atoms with Crippen LogP contribution in [-0.2, 0) is 0 Å². The van der Waals surface area contributed by atoms with Crippen LogP contribution in [-0.4, -0.2) is 20.2 Å². The highest BCUT2D eigenvalue weighted by atomic mass is 16.5. The molecule has 21 heavy (non-hydrogen) atoms. The Morgan fingerprint density at radius 1 is 1.10 bits per heavy atom. The summed E-state index contributed by atoms with van der Waals surface area (Å²) in [5.41, 5.74) is 10.4. The summed E-state index contributed by atoms with van der Waals surface area (Å²) in [5.74, 6) is 0.837. The standard InChI is InChI=1S/C18H24N2O/c1-14-8-9-18(15(2)12-14)20(3)10-5-11-21-17-7-4-6-16(19)13-17/h4,6-9,12-13H,5,10-11,19H2,1-3H3. The monoisotopic (exact) mass is 284 g/mol. The second-order valence-corrected chi connectivity index (χ2v) is 5.49. The predicted octanol–water partition coefficient (Wildman–Crippen LogP) is 3.79. The van der Waals surface area contributed by atoms with Crippen LogP contribution in [0.3, 0.4) is 0 Å². The molecule has 0 spiro atoms. The molecule has 0 aromatic heterocycles. The molecule has 0 unspecified atom stereocenters. The third-order valence-electron chi connectivity index (χ3n) is 3.53. The fraction of sp³-hybridized carbons (Fsp3) is 0.333. The van der Waals surface area contributed by atoms with Crippen molar-refractivity contribution in [3.8, 4) is 5.75 Å². The molecular formula is C18H24N2O. The zero-order valence-corrected chi connectivity index (χ0v) is 13.1. The van der Waals surface area contributed by atoms with E-state index < -0.39 is 0 Å². The lowest BCUT2D eigenvalue weighted by Crippen LogP contribution is -2.21. The fourth-order valence-electron chi connectivity index (χ4n) is 2.45. The van der Waals surface area contributed by atoms with Crippen LogP contribution >= 0.6 is 0 Å². The van der Waals surface area contributed by atoms with Crippen molar-refractivity contribution in [2.45, 2.75) is 20.3 Å². The highest BCUT2D eigenvalue weighted by Crippen LogP contribution is 2.20. The Morgan fingerprint density at radius 3 is 2.62 bits per heavy atom. The zero-order chi connectivity index (χ0) is 15.2. The quantitative estimate of drug-likeness (QED) is 0.648. The SMILES string of the molecule is Cc1ccc(N(C)CCCOc2cccc(N)c2)c(C)c1. The number of nitrogens with zero attached hydrogens (tertiary/aromatic N) is 1. The molecule has 2 rings (SSSR count). The first-order chi connectivity index (χ1) is 10.1. The molecule has 2 N–H and O–H groups in total. The van der Waals surface area contributed by atoms with Crippen LogP contribution in [0.1, 0.15) is 17.5 Å². The summed E-state index contributed by atoms with van der Waals surface area (Å²) in [7, 11) is 2.12. The average molecular weight is 284 g/mol. The van der Waals surface area contributed by atoms with Crippen molar-refractivity contribution in [3.63, 3.8) is 0 Å². The molecule has 0 saturated carbocycles. The molecular weight excluding hydrogens is 260 g/mol. The van der Waals surface area contributed by atoms with Gasteiger partial charge in [0.05, 0.1) is 6.61 Å². The van der Waals surface area contributed by atoms with Crippen LogP contribution in [0.5, 0.6) is 5.75 Å². The molecule has 112 valence electrons. The van der Waals surface area contributed by atoms with E-state index >= 15 is 0 Å². The lowest BCUT2D eigenvalue weighted by atomic mass is 10.1. The molecule has 0 amide bonds. The van der Waals surface area contributed by atoms with Gasteiger partial charge < -0.3 is 15.4 Å². The fourth-order valence-corrected chi connectivity index (χ4v) is 2.45. The van der Waals surface area contributed by atoms with Gasteiger partial charge >= 0.3 is 0 Å². The normalized spacial score (nSPS) is 10.4. The molecule has 0 atom stereocenters. The minimum Gasteiger partial charge on any atom is -0.493 e. The molecule has 0 aliphatic rings. The van der Waals surface area contributed by atoms with E-state index in [-0.39, 0.29) is 0 Å². The first-order valence-corrected chi connectivity index (χ1v) is 7.33. The predicted molar refractivity (Wildman–Crippen MR) is 90.2 cm³/mol. The van der Waals surface area contributed by atoms with Crippen molar-refractivity contribution in [1.82, 2.24) is 0 Å². The number of hydrogen-bond acceptors (Lipinski definition) is 3. The zero-order valence-electron chi connectivity index (χ0n) is 13.1. The van der Waals surface area contributed by atoms with E-state index in [1.54, 1.807) is 0 Å². The topological polar surface area (TPSA) is 38.5 Å². The number of rotatable bonds is 6. The maximum Gasteiger partial charge on any atom is 0.121 e. The number of nitrogen functional groups attached to an aromatic ring is 1. The summed E-state index contributed by atoms with van der Waals surface area (Å²) in [4.78, 5) is 2.28. The molecule has 0 aliphatic carbocycles. The molecule has 0 saturated heterocycles. The summed E-state index contributed by atoms with van der Waals surface area (Å²) in [6.45, 7) is 5.93. The Kier molecular flexibility index (Phi) is 5.09. The van der Waals surface area contributed by atoms with Crippen LogP contribution in [0.25, 0.3) is 0 Å². The van der Waals surface area contributed by atoms with Crippen molar-refractivity contribution >= 4 is 11.4 Å². The number of hydrogen-bond donors (Lipinski definition) is 1. The maximum absolute atomic E-state index is 5.73. The van der Waals surface area contributed by atoms with Gasteiger partial charge in [-0.05, 0) is 44.0 Å². The van der Waals surface area contributed by atoms with Crippen LogP contribution in [0, 0.1) is 13.8 Å². The van der Waals surface area contributed by atoms with Crippen LogP contribution < -0.4 is 15.4 Å². The molecule has 0 heterocycles. The van der Waals surface area contributed by atoms with Gasteiger partial charge in [0.25, 0.3) is 0 Å². The Morgan fingerprint density at radius 2 is 1.90 bits per heavy atom. The molecule has 2 aromatic carbocycles.